The second kappa shape index (κ2) is 7.29. The van der Waals surface area contributed by atoms with E-state index in [2.05, 4.69) is 35.8 Å². The van der Waals surface area contributed by atoms with Crippen LogP contribution in [-0.4, -0.2) is 27.0 Å². The van der Waals surface area contributed by atoms with Crippen molar-refractivity contribution in [3.05, 3.63) is 58.8 Å². The number of pyridine rings is 1. The standard InChI is InChI=1S/C19H17BrN4O2/c20-13-6-7-16-14(12-13)19(25)23-17-5-3-4-15(22-17)18-21-8-10-24(18)9-1-2-11-26-16/h3-8,10,12H,1-2,9,11H2,(H,22,23,25). The molecular weight excluding hydrogens is 396 g/mol. The molecule has 0 aliphatic carbocycles. The molecule has 26 heavy (non-hydrogen) atoms. The molecule has 0 radical (unpaired) electrons. The Morgan fingerprint density at radius 3 is 3.04 bits per heavy atom. The molecule has 6 nitrogen and oxygen atoms in total. The number of nitrogens with one attached hydrogen (secondary N) is 1. The molecule has 3 aromatic rings. The molecule has 2 aromatic heterocycles. The molecular formula is C19H17BrN4O2. The fourth-order valence-electron chi connectivity index (χ4n) is 2.91. The fraction of sp³-hybridized carbons (Fsp3) is 0.211. The van der Waals surface area contributed by atoms with E-state index in [1.807, 2.05) is 30.5 Å². The molecule has 3 heterocycles. The number of carbonyl (C=O) groups excluding carboxylic acids is 1. The van der Waals surface area contributed by atoms with E-state index < -0.39 is 0 Å². The van der Waals surface area contributed by atoms with Gasteiger partial charge in [-0.05, 0) is 43.2 Å². The van der Waals surface area contributed by atoms with E-state index in [4.69, 9.17) is 4.74 Å². The summed E-state index contributed by atoms with van der Waals surface area (Å²) in [5, 5.41) is 2.85. The average Bonchev–Trinajstić information content (AvgIpc) is 3.10. The van der Waals surface area contributed by atoms with Gasteiger partial charge in [0.25, 0.3) is 5.91 Å². The van der Waals surface area contributed by atoms with E-state index in [0.717, 1.165) is 35.4 Å². The van der Waals surface area contributed by atoms with Crippen LogP contribution in [0.3, 0.4) is 0 Å². The predicted molar refractivity (Wildman–Crippen MR) is 102 cm³/mol. The quantitative estimate of drug-likeness (QED) is 0.602. The maximum Gasteiger partial charge on any atom is 0.260 e. The molecule has 7 heteroatoms. The van der Waals surface area contributed by atoms with Crippen LogP contribution < -0.4 is 10.1 Å². The van der Waals surface area contributed by atoms with E-state index >= 15 is 0 Å². The van der Waals surface area contributed by atoms with Crippen molar-refractivity contribution in [3.8, 4) is 17.3 Å². The lowest BCUT2D eigenvalue weighted by Gasteiger charge is -2.14. The van der Waals surface area contributed by atoms with Crippen molar-refractivity contribution >= 4 is 27.7 Å². The van der Waals surface area contributed by atoms with E-state index in [0.29, 0.717) is 23.7 Å². The molecule has 0 saturated carbocycles. The van der Waals surface area contributed by atoms with Crippen LogP contribution in [0.2, 0.25) is 0 Å². The molecule has 1 aliphatic rings. The Morgan fingerprint density at radius 2 is 2.12 bits per heavy atom. The first-order valence-corrected chi connectivity index (χ1v) is 9.22. The Bertz CT molecular complexity index is 954. The van der Waals surface area contributed by atoms with Crippen molar-refractivity contribution in [2.45, 2.75) is 19.4 Å². The van der Waals surface area contributed by atoms with Crippen LogP contribution in [0.15, 0.2) is 53.3 Å². The van der Waals surface area contributed by atoms with Gasteiger partial charge in [0, 0.05) is 23.4 Å². The second-order valence-corrected chi connectivity index (χ2v) is 6.92. The monoisotopic (exact) mass is 412 g/mol. The number of hydrogen-bond donors (Lipinski definition) is 1. The van der Waals surface area contributed by atoms with Gasteiger partial charge in [-0.2, -0.15) is 0 Å². The summed E-state index contributed by atoms with van der Waals surface area (Å²) in [6, 6.07) is 11.0. The van der Waals surface area contributed by atoms with Gasteiger partial charge in [-0.15, -0.1) is 0 Å². The highest BCUT2D eigenvalue weighted by atomic mass is 79.9. The highest BCUT2D eigenvalue weighted by Gasteiger charge is 2.16. The smallest absolute Gasteiger partial charge is 0.260 e. The van der Waals surface area contributed by atoms with Gasteiger partial charge in [-0.25, -0.2) is 9.97 Å². The summed E-state index contributed by atoms with van der Waals surface area (Å²) in [4.78, 5) is 21.7. The minimum Gasteiger partial charge on any atom is -0.493 e. The molecule has 1 aliphatic heterocycles. The van der Waals surface area contributed by atoms with E-state index in [1.54, 1.807) is 18.3 Å². The number of amides is 1. The molecule has 2 bridgehead atoms. The van der Waals surface area contributed by atoms with Crippen LogP contribution >= 0.6 is 15.9 Å². The molecule has 132 valence electrons. The first-order chi connectivity index (χ1) is 12.7. The number of carbonyl (C=O) groups is 1. The topological polar surface area (TPSA) is 69.0 Å². The summed E-state index contributed by atoms with van der Waals surface area (Å²) in [5.74, 6) is 1.58. The van der Waals surface area contributed by atoms with Gasteiger partial charge >= 0.3 is 0 Å². The number of fused-ring (bicyclic) bond motifs is 5. The van der Waals surface area contributed by atoms with Gasteiger partial charge in [0.2, 0.25) is 0 Å². The van der Waals surface area contributed by atoms with Gasteiger partial charge in [0.15, 0.2) is 5.82 Å². The molecule has 0 unspecified atom stereocenters. The lowest BCUT2D eigenvalue weighted by Crippen LogP contribution is -2.16. The average molecular weight is 413 g/mol. The summed E-state index contributed by atoms with van der Waals surface area (Å²) in [6.45, 7) is 1.39. The minimum atomic E-state index is -0.258. The first kappa shape index (κ1) is 16.8. The van der Waals surface area contributed by atoms with E-state index in [1.165, 1.54) is 0 Å². The van der Waals surface area contributed by atoms with Crippen molar-refractivity contribution < 1.29 is 9.53 Å². The second-order valence-electron chi connectivity index (χ2n) is 6.00. The number of anilines is 1. The number of rotatable bonds is 0. The zero-order chi connectivity index (χ0) is 17.9. The molecule has 0 fully saturated rings. The Morgan fingerprint density at radius 1 is 1.19 bits per heavy atom. The fourth-order valence-corrected chi connectivity index (χ4v) is 3.27. The van der Waals surface area contributed by atoms with Gasteiger partial charge in [0.1, 0.15) is 17.3 Å². The van der Waals surface area contributed by atoms with Crippen LogP contribution in [0.5, 0.6) is 5.75 Å². The van der Waals surface area contributed by atoms with Gasteiger partial charge in [-0.1, -0.05) is 22.0 Å². The summed E-state index contributed by atoms with van der Waals surface area (Å²) >= 11 is 3.42. The number of benzene rings is 1. The molecule has 1 amide bonds. The van der Waals surface area contributed by atoms with Crippen LogP contribution in [0.4, 0.5) is 5.82 Å². The van der Waals surface area contributed by atoms with Crippen molar-refractivity contribution in [1.29, 1.82) is 0 Å². The van der Waals surface area contributed by atoms with Crippen LogP contribution in [-0.2, 0) is 6.54 Å². The molecule has 0 spiro atoms. The SMILES string of the molecule is O=C1Nc2cccc(n2)-c2nccn2CCCCOc2ccc(Br)cc21. The number of hydrogen-bond acceptors (Lipinski definition) is 4. The number of nitrogens with zero attached hydrogens (tertiary/aromatic N) is 3. The third-order valence-corrected chi connectivity index (χ3v) is 4.67. The Kier molecular flexibility index (Phi) is 4.71. The first-order valence-electron chi connectivity index (χ1n) is 8.43. The molecule has 4 rings (SSSR count). The summed E-state index contributed by atoms with van der Waals surface area (Å²) in [6.07, 6.45) is 5.54. The van der Waals surface area contributed by atoms with Crippen molar-refractivity contribution in [3.63, 3.8) is 0 Å². The Hall–Kier alpha value is -2.67. The number of ether oxygens (including phenoxy) is 1. The Labute approximate surface area is 159 Å². The molecule has 0 atom stereocenters. The Balaban J connectivity index is 1.74. The van der Waals surface area contributed by atoms with Crippen molar-refractivity contribution in [2.75, 3.05) is 11.9 Å². The van der Waals surface area contributed by atoms with Gasteiger partial charge in [-0.3, -0.25) is 4.79 Å². The zero-order valence-electron chi connectivity index (χ0n) is 14.0. The summed E-state index contributed by atoms with van der Waals surface area (Å²) in [5.41, 5.74) is 1.21. The zero-order valence-corrected chi connectivity index (χ0v) is 15.6. The largest absolute Gasteiger partial charge is 0.493 e. The van der Waals surface area contributed by atoms with Crippen molar-refractivity contribution in [2.24, 2.45) is 0 Å². The molecule has 0 saturated heterocycles. The minimum absolute atomic E-state index is 0.258. The maximum absolute atomic E-state index is 12.8. The predicted octanol–water partition coefficient (Wildman–Crippen LogP) is 4.13. The van der Waals surface area contributed by atoms with Gasteiger partial charge < -0.3 is 14.6 Å². The third kappa shape index (κ3) is 3.48. The molecule has 1 N–H and O–H groups in total. The highest BCUT2D eigenvalue weighted by Crippen LogP contribution is 2.25. The number of halogens is 1. The number of imidazole rings is 1. The maximum atomic E-state index is 12.8. The molecule has 1 aromatic carbocycles. The third-order valence-electron chi connectivity index (χ3n) is 4.17. The number of aromatic nitrogens is 3. The summed E-state index contributed by atoms with van der Waals surface area (Å²) in [7, 11) is 0. The highest BCUT2D eigenvalue weighted by molar-refractivity contribution is 9.10. The normalized spacial score (nSPS) is 14.4. The lowest BCUT2D eigenvalue weighted by molar-refractivity contribution is 0.102. The van der Waals surface area contributed by atoms with Crippen LogP contribution in [0, 0.1) is 0 Å². The number of aryl methyl sites for hydroxylation is 1. The summed E-state index contributed by atoms with van der Waals surface area (Å²) < 4.78 is 8.75. The van der Waals surface area contributed by atoms with E-state index in [-0.39, 0.29) is 5.91 Å². The van der Waals surface area contributed by atoms with Crippen molar-refractivity contribution in [1.82, 2.24) is 14.5 Å². The van der Waals surface area contributed by atoms with Gasteiger partial charge in [0.05, 0.1) is 12.2 Å². The van der Waals surface area contributed by atoms with E-state index in [9.17, 15) is 4.79 Å². The van der Waals surface area contributed by atoms with Crippen LogP contribution in [0.25, 0.3) is 11.5 Å². The van der Waals surface area contributed by atoms with Crippen LogP contribution in [0.1, 0.15) is 23.2 Å². The lowest BCUT2D eigenvalue weighted by atomic mass is 10.2.